The van der Waals surface area contributed by atoms with Crippen molar-refractivity contribution in [3.05, 3.63) is 23.6 Å². The summed E-state index contributed by atoms with van der Waals surface area (Å²) in [6, 6.07) is 5.65. The number of thiazole rings is 1. The molecule has 2 heterocycles. The largest absolute Gasteiger partial charge is 0.482 e. The number of hydrogen-bond acceptors (Lipinski definition) is 5. The molecule has 1 aromatic heterocycles. The minimum Gasteiger partial charge on any atom is -0.482 e. The number of carbonyl (C=O) groups excluding carboxylic acids is 1. The first-order valence-electron chi connectivity index (χ1n) is 5.40. The van der Waals surface area contributed by atoms with E-state index in [1.807, 2.05) is 23.6 Å². The molecular weight excluding hydrogens is 250 g/mol. The molecule has 0 unspecified atom stereocenters. The van der Waals surface area contributed by atoms with Crippen molar-refractivity contribution in [1.29, 1.82) is 0 Å². The number of benzene rings is 1. The number of nitrogens with zero attached hydrogens (tertiary/aromatic N) is 2. The SMILES string of the molecule is CN1C(=O)COc2ccc(-c3csc(N)n3)cc21. The van der Waals surface area contributed by atoms with Gasteiger partial charge in [-0.3, -0.25) is 4.79 Å². The van der Waals surface area contributed by atoms with Crippen LogP contribution >= 0.6 is 11.3 Å². The molecule has 92 valence electrons. The van der Waals surface area contributed by atoms with E-state index < -0.39 is 0 Å². The molecule has 1 aromatic carbocycles. The van der Waals surface area contributed by atoms with Crippen LogP contribution in [-0.2, 0) is 4.79 Å². The number of likely N-dealkylation sites (N-methyl/N-ethyl adjacent to an activating group) is 1. The summed E-state index contributed by atoms with van der Waals surface area (Å²) in [6.45, 7) is 0.0898. The Morgan fingerprint density at radius 3 is 3.06 bits per heavy atom. The van der Waals surface area contributed by atoms with Gasteiger partial charge in [0, 0.05) is 18.0 Å². The van der Waals surface area contributed by atoms with Crippen LogP contribution in [0.1, 0.15) is 0 Å². The Morgan fingerprint density at radius 2 is 2.33 bits per heavy atom. The predicted octanol–water partition coefficient (Wildman–Crippen LogP) is 1.75. The van der Waals surface area contributed by atoms with E-state index in [1.165, 1.54) is 11.3 Å². The molecule has 5 nitrogen and oxygen atoms in total. The Labute approximate surface area is 108 Å². The molecule has 18 heavy (non-hydrogen) atoms. The number of anilines is 2. The van der Waals surface area contributed by atoms with Crippen LogP contribution in [0.25, 0.3) is 11.3 Å². The summed E-state index contributed by atoms with van der Waals surface area (Å²) in [7, 11) is 1.74. The molecule has 0 spiro atoms. The molecule has 0 saturated carbocycles. The predicted molar refractivity (Wildman–Crippen MR) is 70.9 cm³/mol. The number of rotatable bonds is 1. The number of nitrogen functional groups attached to an aromatic ring is 1. The highest BCUT2D eigenvalue weighted by atomic mass is 32.1. The smallest absolute Gasteiger partial charge is 0.264 e. The van der Waals surface area contributed by atoms with Crippen molar-refractivity contribution < 1.29 is 9.53 Å². The van der Waals surface area contributed by atoms with Crippen LogP contribution in [0.4, 0.5) is 10.8 Å². The Kier molecular flexibility index (Phi) is 2.45. The summed E-state index contributed by atoms with van der Waals surface area (Å²) in [4.78, 5) is 17.4. The third-order valence-electron chi connectivity index (χ3n) is 2.86. The third-order valence-corrected chi connectivity index (χ3v) is 3.54. The lowest BCUT2D eigenvalue weighted by molar-refractivity contribution is -0.120. The molecule has 1 amide bonds. The normalized spacial score (nSPS) is 14.3. The number of ether oxygens (including phenoxy) is 1. The van der Waals surface area contributed by atoms with E-state index in [2.05, 4.69) is 4.98 Å². The van der Waals surface area contributed by atoms with Gasteiger partial charge in [0.05, 0.1) is 11.4 Å². The number of fused-ring (bicyclic) bond motifs is 1. The van der Waals surface area contributed by atoms with Crippen molar-refractivity contribution in [3.63, 3.8) is 0 Å². The summed E-state index contributed by atoms with van der Waals surface area (Å²) in [5.41, 5.74) is 8.12. The molecule has 0 fully saturated rings. The first-order chi connectivity index (χ1) is 8.65. The van der Waals surface area contributed by atoms with Crippen molar-refractivity contribution >= 4 is 28.1 Å². The van der Waals surface area contributed by atoms with Crippen LogP contribution in [0.15, 0.2) is 23.6 Å². The van der Waals surface area contributed by atoms with E-state index in [4.69, 9.17) is 10.5 Å². The maximum Gasteiger partial charge on any atom is 0.264 e. The second kappa shape index (κ2) is 3.99. The summed E-state index contributed by atoms with van der Waals surface area (Å²) in [5, 5.41) is 2.42. The minimum atomic E-state index is -0.0579. The monoisotopic (exact) mass is 261 g/mol. The highest BCUT2D eigenvalue weighted by Gasteiger charge is 2.22. The molecule has 0 atom stereocenters. The van der Waals surface area contributed by atoms with Crippen molar-refractivity contribution in [2.45, 2.75) is 0 Å². The maximum atomic E-state index is 11.6. The van der Waals surface area contributed by atoms with Gasteiger partial charge in [0.1, 0.15) is 5.75 Å². The van der Waals surface area contributed by atoms with Crippen molar-refractivity contribution in [2.75, 3.05) is 24.3 Å². The standard InChI is InChI=1S/C12H11N3O2S/c1-15-9-4-7(8-6-18-12(13)14-8)2-3-10(9)17-5-11(15)16/h2-4,6H,5H2,1H3,(H2,13,14). The average Bonchev–Trinajstić information content (AvgIpc) is 2.80. The van der Waals surface area contributed by atoms with E-state index in [-0.39, 0.29) is 12.5 Å². The fraction of sp³-hybridized carbons (Fsp3) is 0.167. The van der Waals surface area contributed by atoms with Gasteiger partial charge in [0.25, 0.3) is 5.91 Å². The van der Waals surface area contributed by atoms with Crippen LogP contribution in [0.3, 0.4) is 0 Å². The van der Waals surface area contributed by atoms with Gasteiger partial charge in [-0.25, -0.2) is 4.98 Å². The molecular formula is C12H11N3O2S. The van der Waals surface area contributed by atoms with Crippen molar-refractivity contribution in [2.24, 2.45) is 0 Å². The second-order valence-corrected chi connectivity index (χ2v) is 4.88. The summed E-state index contributed by atoms with van der Waals surface area (Å²) in [5.74, 6) is 0.654. The zero-order chi connectivity index (χ0) is 12.7. The van der Waals surface area contributed by atoms with Gasteiger partial charge in [-0.2, -0.15) is 0 Å². The van der Waals surface area contributed by atoms with E-state index in [0.29, 0.717) is 10.9 Å². The molecule has 2 aromatic rings. The maximum absolute atomic E-state index is 11.6. The number of hydrogen-bond donors (Lipinski definition) is 1. The molecule has 0 bridgehead atoms. The third kappa shape index (κ3) is 1.70. The van der Waals surface area contributed by atoms with Gasteiger partial charge in [-0.15, -0.1) is 11.3 Å². The molecule has 0 saturated heterocycles. The zero-order valence-electron chi connectivity index (χ0n) is 9.71. The second-order valence-electron chi connectivity index (χ2n) is 3.99. The van der Waals surface area contributed by atoms with E-state index >= 15 is 0 Å². The number of aromatic nitrogens is 1. The Bertz CT molecular complexity index is 624. The van der Waals surface area contributed by atoms with Crippen molar-refractivity contribution in [1.82, 2.24) is 4.98 Å². The van der Waals surface area contributed by atoms with Crippen LogP contribution < -0.4 is 15.4 Å². The zero-order valence-corrected chi connectivity index (χ0v) is 10.5. The van der Waals surface area contributed by atoms with Gasteiger partial charge in [0.15, 0.2) is 11.7 Å². The summed E-state index contributed by atoms with van der Waals surface area (Å²) < 4.78 is 5.37. The van der Waals surface area contributed by atoms with Gasteiger partial charge in [-0.05, 0) is 18.2 Å². The molecule has 3 rings (SSSR count). The topological polar surface area (TPSA) is 68.5 Å². The van der Waals surface area contributed by atoms with Crippen LogP contribution in [0.5, 0.6) is 5.75 Å². The van der Waals surface area contributed by atoms with Crippen molar-refractivity contribution in [3.8, 4) is 17.0 Å². The van der Waals surface area contributed by atoms with Crippen LogP contribution in [0, 0.1) is 0 Å². The lowest BCUT2D eigenvalue weighted by Gasteiger charge is -2.26. The summed E-state index contributed by atoms with van der Waals surface area (Å²) >= 11 is 1.39. The molecule has 1 aliphatic heterocycles. The molecule has 1 aliphatic rings. The van der Waals surface area contributed by atoms with Gasteiger partial charge >= 0.3 is 0 Å². The lowest BCUT2D eigenvalue weighted by atomic mass is 10.1. The van der Waals surface area contributed by atoms with Gasteiger partial charge in [0.2, 0.25) is 0 Å². The Hall–Kier alpha value is -2.08. The first-order valence-corrected chi connectivity index (χ1v) is 6.28. The minimum absolute atomic E-state index is 0.0579. The summed E-state index contributed by atoms with van der Waals surface area (Å²) in [6.07, 6.45) is 0. The van der Waals surface area contributed by atoms with E-state index in [9.17, 15) is 4.79 Å². The van der Waals surface area contributed by atoms with Gasteiger partial charge in [-0.1, -0.05) is 0 Å². The number of amides is 1. The molecule has 0 aliphatic carbocycles. The molecule has 6 heteroatoms. The fourth-order valence-electron chi connectivity index (χ4n) is 1.85. The first kappa shape index (κ1) is 11.0. The Morgan fingerprint density at radius 1 is 1.50 bits per heavy atom. The van der Waals surface area contributed by atoms with Crippen LogP contribution in [0.2, 0.25) is 0 Å². The highest BCUT2D eigenvalue weighted by molar-refractivity contribution is 7.13. The quantitative estimate of drug-likeness (QED) is 0.849. The van der Waals surface area contributed by atoms with Crippen LogP contribution in [-0.4, -0.2) is 24.5 Å². The highest BCUT2D eigenvalue weighted by Crippen LogP contribution is 2.35. The number of nitrogens with two attached hydrogens (primary N) is 1. The lowest BCUT2D eigenvalue weighted by Crippen LogP contribution is -2.35. The van der Waals surface area contributed by atoms with Gasteiger partial charge < -0.3 is 15.4 Å². The number of carbonyl (C=O) groups is 1. The molecule has 0 radical (unpaired) electrons. The van der Waals surface area contributed by atoms with E-state index in [0.717, 1.165) is 16.9 Å². The average molecular weight is 261 g/mol. The van der Waals surface area contributed by atoms with E-state index in [1.54, 1.807) is 11.9 Å². The Balaban J connectivity index is 2.07. The fourth-order valence-corrected chi connectivity index (χ4v) is 2.42. The molecule has 2 N–H and O–H groups in total.